The van der Waals surface area contributed by atoms with Crippen LogP contribution in [0.15, 0.2) is 54.6 Å². The van der Waals surface area contributed by atoms with E-state index < -0.39 is 23.8 Å². The average molecular weight is 568 g/mol. The molecule has 0 aromatic heterocycles. The minimum absolute atomic E-state index is 0.0877. The van der Waals surface area contributed by atoms with Gasteiger partial charge < -0.3 is 14.7 Å². The molecule has 5 nitrogen and oxygen atoms in total. The van der Waals surface area contributed by atoms with E-state index in [2.05, 4.69) is 0 Å². The first-order valence-corrected chi connectivity index (χ1v) is 12.2. The fourth-order valence-corrected chi connectivity index (χ4v) is 4.70. The predicted octanol–water partition coefficient (Wildman–Crippen LogP) is 6.78. The van der Waals surface area contributed by atoms with Crippen LogP contribution in [0.3, 0.4) is 0 Å². The molecule has 0 spiro atoms. The molecule has 1 saturated heterocycles. The summed E-state index contributed by atoms with van der Waals surface area (Å²) in [5, 5.41) is 0.244. The zero-order chi connectivity index (χ0) is 27.9. The van der Waals surface area contributed by atoms with Crippen LogP contribution in [0.2, 0.25) is 10.0 Å². The largest absolute Gasteiger partial charge is 0.395 e. The van der Waals surface area contributed by atoms with E-state index in [-0.39, 0.29) is 35.3 Å². The van der Waals surface area contributed by atoms with Gasteiger partial charge in [0.15, 0.2) is 0 Å². The van der Waals surface area contributed by atoms with E-state index in [1.54, 1.807) is 50.5 Å². The van der Waals surface area contributed by atoms with Crippen LogP contribution in [0.25, 0.3) is 11.1 Å². The molecule has 0 aliphatic carbocycles. The SMILES string of the molecule is CN(C)C(=O)c1ccc(Cl)c(-c2ccc(N(C)C(=O)c3c(F)cccc3Cl)c(N3CC(C(F)(F)F)C3)c2)c1. The normalized spacial score (nSPS) is 13.8. The second-order valence-electron chi connectivity index (χ2n) is 9.20. The molecule has 1 fully saturated rings. The van der Waals surface area contributed by atoms with Gasteiger partial charge in [0.25, 0.3) is 11.8 Å². The van der Waals surface area contributed by atoms with Gasteiger partial charge in [-0.2, -0.15) is 13.2 Å². The molecule has 0 unspecified atom stereocenters. The smallest absolute Gasteiger partial charge is 0.368 e. The summed E-state index contributed by atoms with van der Waals surface area (Å²) in [4.78, 5) is 29.8. The van der Waals surface area contributed by atoms with Crippen molar-refractivity contribution < 1.29 is 27.2 Å². The molecule has 11 heteroatoms. The summed E-state index contributed by atoms with van der Waals surface area (Å²) in [5.41, 5.74) is 1.64. The molecule has 2 amide bonds. The van der Waals surface area contributed by atoms with Gasteiger partial charge in [0.2, 0.25) is 0 Å². The van der Waals surface area contributed by atoms with Crippen molar-refractivity contribution in [3.05, 3.63) is 81.6 Å². The zero-order valence-corrected chi connectivity index (χ0v) is 22.1. The molecule has 0 saturated carbocycles. The lowest BCUT2D eigenvalue weighted by atomic mass is 9.95. The first kappa shape index (κ1) is 27.7. The Morgan fingerprint density at radius 3 is 2.21 bits per heavy atom. The lowest BCUT2D eigenvalue weighted by molar-refractivity contribution is -0.180. The van der Waals surface area contributed by atoms with Crippen molar-refractivity contribution in [2.24, 2.45) is 5.92 Å². The van der Waals surface area contributed by atoms with Crippen LogP contribution in [0.4, 0.5) is 28.9 Å². The van der Waals surface area contributed by atoms with E-state index in [0.29, 0.717) is 27.4 Å². The lowest BCUT2D eigenvalue weighted by Crippen LogP contribution is -2.53. The van der Waals surface area contributed by atoms with Crippen LogP contribution in [0.1, 0.15) is 20.7 Å². The van der Waals surface area contributed by atoms with Gasteiger partial charge in [-0.1, -0.05) is 35.3 Å². The second-order valence-corrected chi connectivity index (χ2v) is 10.0. The second kappa shape index (κ2) is 10.5. The number of rotatable bonds is 5. The molecule has 4 rings (SSSR count). The fourth-order valence-electron chi connectivity index (χ4n) is 4.23. The summed E-state index contributed by atoms with van der Waals surface area (Å²) < 4.78 is 54.3. The monoisotopic (exact) mass is 567 g/mol. The maximum atomic E-state index is 14.5. The number of hydrogen-bond acceptors (Lipinski definition) is 3. The Balaban J connectivity index is 1.79. The number of benzene rings is 3. The number of alkyl halides is 3. The van der Waals surface area contributed by atoms with Crippen molar-refractivity contribution in [1.82, 2.24) is 4.90 Å². The van der Waals surface area contributed by atoms with Crippen LogP contribution < -0.4 is 9.80 Å². The van der Waals surface area contributed by atoms with Gasteiger partial charge in [-0.05, 0) is 48.0 Å². The van der Waals surface area contributed by atoms with Crippen LogP contribution in [-0.2, 0) is 0 Å². The number of halogens is 6. The zero-order valence-electron chi connectivity index (χ0n) is 20.6. The third-order valence-corrected chi connectivity index (χ3v) is 7.08. The molecule has 0 bridgehead atoms. The van der Waals surface area contributed by atoms with Gasteiger partial charge >= 0.3 is 6.18 Å². The Hall–Kier alpha value is -3.30. The molecule has 200 valence electrons. The number of carbonyl (C=O) groups excluding carboxylic acids is 2. The molecular formula is C27H23Cl2F4N3O2. The van der Waals surface area contributed by atoms with Crippen molar-refractivity contribution in [3.8, 4) is 11.1 Å². The molecule has 0 atom stereocenters. The standard InChI is InChI=1S/C27H23Cl2F4N3O2/c1-34(2)25(37)16-7-9-19(28)18(11-16)15-8-10-22(23(12-15)36-13-17(14-36)27(31,32)33)35(3)26(38)24-20(29)5-4-6-21(24)30/h4-12,17H,13-14H2,1-3H3. The fraction of sp³-hybridized carbons (Fsp3) is 0.259. The number of amides is 2. The highest BCUT2D eigenvalue weighted by Gasteiger charge is 2.47. The summed E-state index contributed by atoms with van der Waals surface area (Å²) in [5.74, 6) is -3.34. The Morgan fingerprint density at radius 2 is 1.61 bits per heavy atom. The van der Waals surface area contributed by atoms with Crippen molar-refractivity contribution >= 4 is 46.4 Å². The molecule has 1 heterocycles. The summed E-state index contributed by atoms with van der Waals surface area (Å²) in [6.07, 6.45) is -4.36. The Morgan fingerprint density at radius 1 is 0.921 bits per heavy atom. The van der Waals surface area contributed by atoms with E-state index >= 15 is 0 Å². The van der Waals surface area contributed by atoms with E-state index in [1.807, 2.05) is 0 Å². The van der Waals surface area contributed by atoms with Gasteiger partial charge in [-0.3, -0.25) is 9.59 Å². The van der Waals surface area contributed by atoms with Crippen LogP contribution >= 0.6 is 23.2 Å². The average Bonchev–Trinajstić information content (AvgIpc) is 2.81. The van der Waals surface area contributed by atoms with Crippen LogP contribution in [0, 0.1) is 11.7 Å². The van der Waals surface area contributed by atoms with E-state index in [4.69, 9.17) is 23.2 Å². The summed E-state index contributed by atoms with van der Waals surface area (Å²) in [6.45, 7) is -0.620. The third kappa shape index (κ3) is 5.31. The molecule has 0 N–H and O–H groups in total. The van der Waals surface area contributed by atoms with Crippen LogP contribution in [0.5, 0.6) is 0 Å². The van der Waals surface area contributed by atoms with Crippen molar-refractivity contribution in [1.29, 1.82) is 0 Å². The maximum Gasteiger partial charge on any atom is 0.395 e. The molecule has 1 aliphatic rings. The van der Waals surface area contributed by atoms with Gasteiger partial charge in [-0.15, -0.1) is 0 Å². The Kier molecular flexibility index (Phi) is 7.63. The Bertz CT molecular complexity index is 1390. The maximum absolute atomic E-state index is 14.5. The van der Waals surface area contributed by atoms with E-state index in [9.17, 15) is 27.2 Å². The topological polar surface area (TPSA) is 43.9 Å². The van der Waals surface area contributed by atoms with Gasteiger partial charge in [0, 0.05) is 50.4 Å². The summed E-state index contributed by atoms with van der Waals surface area (Å²) in [7, 11) is 4.62. The lowest BCUT2D eigenvalue weighted by Gasteiger charge is -2.43. The number of hydrogen-bond donors (Lipinski definition) is 0. The van der Waals surface area contributed by atoms with Crippen molar-refractivity contribution in [2.75, 3.05) is 44.0 Å². The highest BCUT2D eigenvalue weighted by atomic mass is 35.5. The summed E-state index contributed by atoms with van der Waals surface area (Å²) in [6, 6.07) is 13.4. The molecule has 3 aromatic rings. The first-order valence-electron chi connectivity index (χ1n) is 11.5. The third-order valence-electron chi connectivity index (χ3n) is 6.43. The van der Waals surface area contributed by atoms with E-state index in [0.717, 1.165) is 11.0 Å². The number of carbonyl (C=O) groups is 2. The molecule has 38 heavy (non-hydrogen) atoms. The van der Waals surface area contributed by atoms with Gasteiger partial charge in [0.05, 0.1) is 27.9 Å². The first-order chi connectivity index (χ1) is 17.8. The Labute approximate surface area is 227 Å². The molecule has 3 aromatic carbocycles. The van der Waals surface area contributed by atoms with E-state index in [1.165, 1.54) is 29.0 Å². The molecular weight excluding hydrogens is 545 g/mol. The molecule has 0 radical (unpaired) electrons. The van der Waals surface area contributed by atoms with Crippen LogP contribution in [-0.4, -0.2) is 57.1 Å². The minimum atomic E-state index is -4.36. The highest BCUT2D eigenvalue weighted by molar-refractivity contribution is 6.35. The van der Waals surface area contributed by atoms with Crippen molar-refractivity contribution in [3.63, 3.8) is 0 Å². The molecule has 1 aliphatic heterocycles. The predicted molar refractivity (Wildman–Crippen MR) is 141 cm³/mol. The van der Waals surface area contributed by atoms with Gasteiger partial charge in [0.1, 0.15) is 5.82 Å². The van der Waals surface area contributed by atoms with Gasteiger partial charge in [-0.25, -0.2) is 4.39 Å². The number of anilines is 2. The minimum Gasteiger partial charge on any atom is -0.368 e. The summed E-state index contributed by atoms with van der Waals surface area (Å²) >= 11 is 12.5. The quantitative estimate of drug-likeness (QED) is 0.319. The van der Waals surface area contributed by atoms with Crippen molar-refractivity contribution in [2.45, 2.75) is 6.18 Å². The highest BCUT2D eigenvalue weighted by Crippen LogP contribution is 2.43. The number of nitrogens with zero attached hydrogens (tertiary/aromatic N) is 3.